The predicted molar refractivity (Wildman–Crippen MR) is 129 cm³/mol. The number of nitrogens with zero attached hydrogens (tertiary/aromatic N) is 4. The van der Waals surface area contributed by atoms with Gasteiger partial charge in [-0.3, -0.25) is 10.3 Å². The molecule has 3 aromatic rings. The van der Waals surface area contributed by atoms with Crippen molar-refractivity contribution in [1.29, 1.82) is 5.41 Å². The third kappa shape index (κ3) is 6.67. The molecule has 0 atom stereocenters. The van der Waals surface area contributed by atoms with Crippen LogP contribution in [0.15, 0.2) is 73.3 Å². The molecule has 1 saturated heterocycles. The lowest BCUT2D eigenvalue weighted by Gasteiger charge is -2.34. The minimum absolute atomic E-state index is 0.390. The second kappa shape index (κ2) is 11.5. The Morgan fingerprint density at radius 2 is 1.62 bits per heavy atom. The van der Waals surface area contributed by atoms with E-state index in [4.69, 9.17) is 10.1 Å². The molecule has 168 valence electrons. The molecule has 2 aromatic carbocycles. The maximum atomic E-state index is 8.17. The van der Waals surface area contributed by atoms with E-state index in [-0.39, 0.29) is 0 Å². The number of nitrogens with one attached hydrogen (secondary N) is 2. The first kappa shape index (κ1) is 22.0. The van der Waals surface area contributed by atoms with Crippen LogP contribution in [0.1, 0.15) is 12.0 Å². The van der Waals surface area contributed by atoms with Crippen molar-refractivity contribution in [2.75, 3.05) is 51.2 Å². The molecule has 0 aliphatic carbocycles. The first-order valence-electron chi connectivity index (χ1n) is 11.3. The van der Waals surface area contributed by atoms with Crippen LogP contribution in [0.25, 0.3) is 0 Å². The molecule has 1 aliphatic heterocycles. The molecule has 0 spiro atoms. The van der Waals surface area contributed by atoms with Crippen molar-refractivity contribution in [1.82, 2.24) is 19.4 Å². The lowest BCUT2D eigenvalue weighted by molar-refractivity contribution is 0.123. The standard InChI is InChI=1S/C25H32N6O/c26-25(22-5-2-1-3-6-22)28-23-7-9-24(10-8-23)32-20-4-12-29-14-16-30(17-15-29)18-19-31-13-11-27-21-31/h1-3,5-11,13,21H,4,12,14-20H2,(H2,26,28). The Balaban J connectivity index is 1.09. The van der Waals surface area contributed by atoms with Crippen molar-refractivity contribution in [3.05, 3.63) is 78.9 Å². The van der Waals surface area contributed by atoms with E-state index in [0.717, 1.165) is 69.2 Å². The Morgan fingerprint density at radius 3 is 2.31 bits per heavy atom. The Labute approximate surface area is 190 Å². The van der Waals surface area contributed by atoms with Gasteiger partial charge in [-0.25, -0.2) is 4.98 Å². The van der Waals surface area contributed by atoms with Crippen LogP contribution >= 0.6 is 0 Å². The maximum Gasteiger partial charge on any atom is 0.129 e. The molecule has 0 radical (unpaired) electrons. The molecule has 2 N–H and O–H groups in total. The average molecular weight is 433 g/mol. The van der Waals surface area contributed by atoms with E-state index in [1.165, 1.54) is 0 Å². The zero-order chi connectivity index (χ0) is 22.0. The van der Waals surface area contributed by atoms with Crippen molar-refractivity contribution < 1.29 is 4.74 Å². The van der Waals surface area contributed by atoms with Crippen LogP contribution in [-0.4, -0.2) is 71.1 Å². The third-order valence-electron chi connectivity index (χ3n) is 5.77. The van der Waals surface area contributed by atoms with E-state index in [2.05, 4.69) is 24.7 Å². The van der Waals surface area contributed by atoms with Crippen molar-refractivity contribution in [3.8, 4) is 5.75 Å². The van der Waals surface area contributed by atoms with E-state index >= 15 is 0 Å². The van der Waals surface area contributed by atoms with Gasteiger partial charge in [-0.1, -0.05) is 30.3 Å². The number of piperazine rings is 1. The molecule has 1 aliphatic rings. The molecular formula is C25H32N6O. The smallest absolute Gasteiger partial charge is 0.129 e. The first-order chi connectivity index (χ1) is 15.8. The molecule has 7 nitrogen and oxygen atoms in total. The van der Waals surface area contributed by atoms with Gasteiger partial charge in [-0.05, 0) is 30.7 Å². The van der Waals surface area contributed by atoms with E-state index in [9.17, 15) is 0 Å². The summed E-state index contributed by atoms with van der Waals surface area (Å²) in [5, 5.41) is 11.3. The highest BCUT2D eigenvalue weighted by Gasteiger charge is 2.16. The number of benzene rings is 2. The number of hydrogen-bond donors (Lipinski definition) is 2. The van der Waals surface area contributed by atoms with Crippen LogP contribution in [0, 0.1) is 5.41 Å². The molecule has 0 unspecified atom stereocenters. The fourth-order valence-corrected chi connectivity index (χ4v) is 3.85. The van der Waals surface area contributed by atoms with E-state index in [0.29, 0.717) is 12.4 Å². The molecule has 32 heavy (non-hydrogen) atoms. The summed E-state index contributed by atoms with van der Waals surface area (Å²) in [5.41, 5.74) is 1.75. The van der Waals surface area contributed by atoms with Gasteiger partial charge in [0.2, 0.25) is 0 Å². The normalized spacial score (nSPS) is 14.9. The Bertz CT molecular complexity index is 934. The van der Waals surface area contributed by atoms with E-state index < -0.39 is 0 Å². The van der Waals surface area contributed by atoms with Gasteiger partial charge in [0, 0.05) is 69.5 Å². The molecule has 7 heteroatoms. The predicted octanol–water partition coefficient (Wildman–Crippen LogP) is 3.41. The van der Waals surface area contributed by atoms with Gasteiger partial charge in [-0.15, -0.1) is 0 Å². The minimum atomic E-state index is 0.390. The van der Waals surface area contributed by atoms with Crippen LogP contribution in [0.3, 0.4) is 0 Å². The van der Waals surface area contributed by atoms with Crippen LogP contribution < -0.4 is 10.1 Å². The van der Waals surface area contributed by atoms with Crippen LogP contribution in [0.5, 0.6) is 5.75 Å². The highest BCUT2D eigenvalue weighted by atomic mass is 16.5. The zero-order valence-electron chi connectivity index (χ0n) is 18.5. The lowest BCUT2D eigenvalue weighted by atomic mass is 10.2. The van der Waals surface area contributed by atoms with Crippen LogP contribution in [-0.2, 0) is 6.54 Å². The topological polar surface area (TPSA) is 69.4 Å². The van der Waals surface area contributed by atoms with Gasteiger partial charge in [0.25, 0.3) is 0 Å². The van der Waals surface area contributed by atoms with Crippen LogP contribution in [0.4, 0.5) is 5.69 Å². The zero-order valence-corrected chi connectivity index (χ0v) is 18.5. The summed E-state index contributed by atoms with van der Waals surface area (Å²) in [4.78, 5) is 9.16. The number of hydrogen-bond acceptors (Lipinski definition) is 5. The summed E-state index contributed by atoms with van der Waals surface area (Å²) in [5.74, 6) is 1.26. The fourth-order valence-electron chi connectivity index (χ4n) is 3.85. The second-order valence-corrected chi connectivity index (χ2v) is 8.08. The second-order valence-electron chi connectivity index (χ2n) is 8.08. The minimum Gasteiger partial charge on any atom is -0.494 e. The van der Waals surface area contributed by atoms with Gasteiger partial charge < -0.3 is 19.5 Å². The summed E-state index contributed by atoms with van der Waals surface area (Å²) in [7, 11) is 0. The quantitative estimate of drug-likeness (QED) is 0.292. The number of ether oxygens (including phenoxy) is 1. The molecule has 0 saturated carbocycles. The van der Waals surface area contributed by atoms with Gasteiger partial charge in [0.15, 0.2) is 0 Å². The van der Waals surface area contributed by atoms with Gasteiger partial charge in [-0.2, -0.15) is 0 Å². The third-order valence-corrected chi connectivity index (χ3v) is 5.77. The lowest BCUT2D eigenvalue weighted by Crippen LogP contribution is -2.47. The molecule has 1 aromatic heterocycles. The van der Waals surface area contributed by atoms with Gasteiger partial charge in [0.1, 0.15) is 11.6 Å². The van der Waals surface area contributed by atoms with Crippen molar-refractivity contribution in [2.45, 2.75) is 13.0 Å². The molecule has 2 heterocycles. The summed E-state index contributed by atoms with van der Waals surface area (Å²) in [6.07, 6.45) is 6.77. The first-order valence-corrected chi connectivity index (χ1v) is 11.3. The number of aromatic nitrogens is 2. The van der Waals surface area contributed by atoms with Crippen molar-refractivity contribution >= 4 is 11.5 Å². The highest BCUT2D eigenvalue weighted by Crippen LogP contribution is 2.17. The summed E-state index contributed by atoms with van der Waals surface area (Å²) in [6, 6.07) is 17.5. The summed E-state index contributed by atoms with van der Waals surface area (Å²) in [6.45, 7) is 8.38. The number of imidazole rings is 1. The Hall–Kier alpha value is -3.16. The number of rotatable bonds is 10. The van der Waals surface area contributed by atoms with Crippen molar-refractivity contribution in [3.63, 3.8) is 0 Å². The number of anilines is 1. The van der Waals surface area contributed by atoms with Gasteiger partial charge in [0.05, 0.1) is 12.9 Å². The molecule has 0 amide bonds. The van der Waals surface area contributed by atoms with Gasteiger partial charge >= 0.3 is 0 Å². The van der Waals surface area contributed by atoms with Crippen molar-refractivity contribution in [2.24, 2.45) is 0 Å². The molecule has 0 bridgehead atoms. The maximum absolute atomic E-state index is 8.17. The van der Waals surface area contributed by atoms with Crippen LogP contribution in [0.2, 0.25) is 0 Å². The summed E-state index contributed by atoms with van der Waals surface area (Å²) >= 11 is 0. The average Bonchev–Trinajstić information content (AvgIpc) is 3.37. The molecule has 4 rings (SSSR count). The Morgan fingerprint density at radius 1 is 0.906 bits per heavy atom. The van der Waals surface area contributed by atoms with E-state index in [1.54, 1.807) is 0 Å². The molecular weight excluding hydrogens is 400 g/mol. The number of amidine groups is 1. The highest BCUT2D eigenvalue weighted by molar-refractivity contribution is 6.06. The summed E-state index contributed by atoms with van der Waals surface area (Å²) < 4.78 is 8.05. The largest absolute Gasteiger partial charge is 0.494 e. The molecule has 1 fully saturated rings. The fraction of sp³-hybridized carbons (Fsp3) is 0.360. The SMILES string of the molecule is N=C(Nc1ccc(OCCCN2CCN(CCn3ccnc3)CC2)cc1)c1ccccc1. The Kier molecular flexibility index (Phi) is 7.89. The van der Waals surface area contributed by atoms with E-state index in [1.807, 2.05) is 73.3 Å². The monoisotopic (exact) mass is 432 g/mol.